The number of imidazole rings is 1. The molecule has 2 aromatic heterocycles. The van der Waals surface area contributed by atoms with Gasteiger partial charge in [-0.1, -0.05) is 17.3 Å². The van der Waals surface area contributed by atoms with Crippen LogP contribution in [-0.2, 0) is 33.3 Å². The second kappa shape index (κ2) is 12.7. The van der Waals surface area contributed by atoms with Gasteiger partial charge in [0.2, 0.25) is 5.88 Å². The summed E-state index contributed by atoms with van der Waals surface area (Å²) in [6.45, 7) is 5.27. The minimum absolute atomic E-state index is 0. The molecule has 223 valence electrons. The van der Waals surface area contributed by atoms with Crippen molar-refractivity contribution in [2.24, 2.45) is 7.05 Å². The Morgan fingerprint density at radius 1 is 0.929 bits per heavy atom. The number of ether oxygens (including phenoxy) is 1. The molecule has 13 heteroatoms. The Balaban J connectivity index is 0.000000190. The van der Waals surface area contributed by atoms with Gasteiger partial charge in [0.15, 0.2) is 0 Å². The Labute approximate surface area is 255 Å². The van der Waals surface area contributed by atoms with E-state index < -0.39 is 11.7 Å². The molecule has 2 aliphatic rings. The summed E-state index contributed by atoms with van der Waals surface area (Å²) < 4.78 is 46.9. The maximum Gasteiger partial charge on any atom is 0.394 e. The van der Waals surface area contributed by atoms with Gasteiger partial charge in [0, 0.05) is 38.6 Å². The second-order valence-electron chi connectivity index (χ2n) is 9.32. The topological polar surface area (TPSA) is 67.0 Å². The Morgan fingerprint density at radius 2 is 1.57 bits per heavy atom. The van der Waals surface area contributed by atoms with Crippen molar-refractivity contribution in [2.75, 3.05) is 23.9 Å². The minimum Gasteiger partial charge on any atom is -0.572 e. The molecule has 6 rings (SSSR count). The number of anilines is 2. The number of para-hydroxylation sites is 1. The first-order chi connectivity index (χ1) is 19.5. The molecule has 2 aliphatic heterocycles. The summed E-state index contributed by atoms with van der Waals surface area (Å²) in [6, 6.07) is 17.5. The number of benzene rings is 2. The van der Waals surface area contributed by atoms with Crippen LogP contribution in [0.25, 0.3) is 11.5 Å². The number of nitrogens with zero attached hydrogens (tertiary/aromatic N) is 8. The van der Waals surface area contributed by atoms with Crippen LogP contribution < -0.4 is 19.6 Å². The summed E-state index contributed by atoms with van der Waals surface area (Å²) in [4.78, 5) is 11.1. The first kappa shape index (κ1) is 30.7. The molecule has 9 nitrogen and oxygen atoms in total. The molecule has 0 atom stereocenters. The molecule has 2 aromatic carbocycles. The van der Waals surface area contributed by atoms with E-state index in [0.29, 0.717) is 23.0 Å². The third kappa shape index (κ3) is 7.34. The van der Waals surface area contributed by atoms with Crippen LogP contribution in [0.3, 0.4) is 0 Å². The molecular weight excluding hydrogens is 726 g/mol. The zero-order valence-electron chi connectivity index (χ0n) is 23.0. The third-order valence-corrected chi connectivity index (χ3v) is 5.90. The molecule has 4 heterocycles. The van der Waals surface area contributed by atoms with E-state index in [0.717, 1.165) is 29.3 Å². The molecule has 0 N–H and O–H groups in total. The molecule has 1 radical (unpaired) electrons. The predicted octanol–water partition coefficient (Wildman–Crippen LogP) is 5.53. The summed E-state index contributed by atoms with van der Waals surface area (Å²) in [6.07, 6.45) is 4.27. The Kier molecular flexibility index (Phi) is 9.33. The van der Waals surface area contributed by atoms with Gasteiger partial charge in [0.1, 0.15) is 5.82 Å². The number of aromatic nitrogens is 4. The van der Waals surface area contributed by atoms with Gasteiger partial charge in [-0.2, -0.15) is 49.7 Å². The molecule has 0 saturated carbocycles. The van der Waals surface area contributed by atoms with Gasteiger partial charge in [0.05, 0.1) is 6.20 Å². The third-order valence-electron chi connectivity index (χ3n) is 5.90. The van der Waals surface area contributed by atoms with E-state index in [1.165, 1.54) is 0 Å². The molecular formula is C29H26F3IrN8O-5. The fraction of sp³-hybridized carbons (Fsp3) is 0.172. The van der Waals surface area contributed by atoms with E-state index in [-0.39, 0.29) is 20.1 Å². The molecule has 0 unspecified atom stereocenters. The summed E-state index contributed by atoms with van der Waals surface area (Å²) in [5.41, 5.74) is 1.58. The zero-order valence-corrected chi connectivity index (χ0v) is 25.4. The van der Waals surface area contributed by atoms with Crippen LogP contribution in [0.2, 0.25) is 0 Å². The fourth-order valence-electron chi connectivity index (χ4n) is 3.94. The molecule has 0 fully saturated rings. The normalized spacial score (nSPS) is 14.3. The Bertz CT molecular complexity index is 1510. The molecule has 0 bridgehead atoms. The maximum absolute atomic E-state index is 13.1. The molecule has 0 aliphatic carbocycles. The van der Waals surface area contributed by atoms with Crippen molar-refractivity contribution < 1.29 is 38.0 Å². The summed E-state index contributed by atoms with van der Waals surface area (Å²) >= 11 is 0. The molecule has 0 amide bonds. The number of hydrogen-bond donors (Lipinski definition) is 0. The molecule has 0 spiro atoms. The SMILES string of the molecule is CN1C=CN(c2[c-]c(N3C=CN(C)[CH-]3)cc(C(F)(F)F)c2)[CH-]1.Cc1cc(-c2nc(Oc3[c-]cccc3)cn2C)[n-]n1.[Ir]. The van der Waals surface area contributed by atoms with E-state index in [1.807, 2.05) is 42.8 Å². The van der Waals surface area contributed by atoms with Crippen LogP contribution in [0.4, 0.5) is 24.5 Å². The van der Waals surface area contributed by atoms with Gasteiger partial charge in [-0.3, -0.25) is 0 Å². The second-order valence-corrected chi connectivity index (χ2v) is 9.32. The van der Waals surface area contributed by atoms with E-state index in [1.54, 1.807) is 84.1 Å². The van der Waals surface area contributed by atoms with Crippen molar-refractivity contribution in [3.8, 4) is 23.1 Å². The monoisotopic (exact) mass is 752 g/mol. The number of rotatable bonds is 5. The quantitative estimate of drug-likeness (QED) is 0.247. The van der Waals surface area contributed by atoms with Crippen molar-refractivity contribution in [1.29, 1.82) is 0 Å². The van der Waals surface area contributed by atoms with E-state index in [2.05, 4.69) is 27.3 Å². The average Bonchev–Trinajstić information content (AvgIpc) is 3.73. The van der Waals surface area contributed by atoms with Crippen LogP contribution in [0.1, 0.15) is 11.3 Å². The van der Waals surface area contributed by atoms with Gasteiger partial charge in [-0.25, -0.2) is 0 Å². The first-order valence-corrected chi connectivity index (χ1v) is 12.4. The summed E-state index contributed by atoms with van der Waals surface area (Å²) in [5.74, 6) is 1.88. The zero-order chi connectivity index (χ0) is 29.1. The summed E-state index contributed by atoms with van der Waals surface area (Å²) in [5, 5.41) is 8.05. The van der Waals surface area contributed by atoms with Crippen molar-refractivity contribution in [3.63, 3.8) is 0 Å². The Morgan fingerprint density at radius 3 is 2.05 bits per heavy atom. The number of halogens is 3. The number of aryl methyl sites for hydroxylation is 2. The largest absolute Gasteiger partial charge is 0.572 e. The van der Waals surface area contributed by atoms with E-state index in [9.17, 15) is 13.2 Å². The standard InChI is InChI=1S/C15H14F3N4.C14H12N4O.Ir/c1-19-3-5-21(10-19)13-7-12(15(16,17)18)8-14(9-13)22-6-4-20(2)11-22;1-10-8-12(17-16-10)14-15-13(9-18(14)2)19-11-6-4-3-5-7-11;/h3-8,10-11H,1-2H3;3-6,8-9H,1-2H3;/q-3;-2;. The number of hydrogen-bond acceptors (Lipinski definition) is 7. The smallest absolute Gasteiger partial charge is 0.394 e. The van der Waals surface area contributed by atoms with Crippen LogP contribution >= 0.6 is 0 Å². The van der Waals surface area contributed by atoms with E-state index in [4.69, 9.17) is 4.74 Å². The van der Waals surface area contributed by atoms with Crippen LogP contribution in [0, 0.1) is 32.4 Å². The van der Waals surface area contributed by atoms with Gasteiger partial charge >= 0.3 is 6.18 Å². The van der Waals surface area contributed by atoms with Crippen molar-refractivity contribution in [2.45, 2.75) is 13.1 Å². The summed E-state index contributed by atoms with van der Waals surface area (Å²) in [7, 11) is 5.50. The van der Waals surface area contributed by atoms with E-state index >= 15 is 0 Å². The molecule has 4 aromatic rings. The predicted molar refractivity (Wildman–Crippen MR) is 147 cm³/mol. The maximum atomic E-state index is 13.1. The fourth-order valence-corrected chi connectivity index (χ4v) is 3.94. The van der Waals surface area contributed by atoms with Gasteiger partial charge < -0.3 is 39.1 Å². The van der Waals surface area contributed by atoms with Crippen LogP contribution in [0.15, 0.2) is 73.5 Å². The molecule has 0 saturated heterocycles. The average molecular weight is 752 g/mol. The van der Waals surface area contributed by atoms with Crippen LogP contribution in [0.5, 0.6) is 11.6 Å². The minimum atomic E-state index is -4.41. The first-order valence-electron chi connectivity index (χ1n) is 12.4. The van der Waals surface area contributed by atoms with Gasteiger partial charge in [-0.15, -0.1) is 41.7 Å². The van der Waals surface area contributed by atoms with Gasteiger partial charge in [-0.05, 0) is 45.8 Å². The Hall–Kier alpha value is -4.22. The van der Waals surface area contributed by atoms with Crippen LogP contribution in [-0.4, -0.2) is 38.5 Å². The van der Waals surface area contributed by atoms with Gasteiger partial charge in [0.25, 0.3) is 0 Å². The van der Waals surface area contributed by atoms with Crippen molar-refractivity contribution in [1.82, 2.24) is 29.5 Å². The van der Waals surface area contributed by atoms with Crippen molar-refractivity contribution >= 4 is 11.4 Å². The molecule has 42 heavy (non-hydrogen) atoms. The number of alkyl halides is 3. The van der Waals surface area contributed by atoms with Crippen molar-refractivity contribution in [3.05, 3.63) is 110 Å².